The lowest BCUT2D eigenvalue weighted by atomic mass is 9.81. The molecule has 1 unspecified atom stereocenters. The van der Waals surface area contributed by atoms with Crippen molar-refractivity contribution < 1.29 is 0 Å². The molecule has 3 heterocycles. The highest BCUT2D eigenvalue weighted by Gasteiger charge is 2.23. The monoisotopic (exact) mass is 1030 g/mol. The second-order valence-electron chi connectivity index (χ2n) is 24.6. The van der Waals surface area contributed by atoms with Crippen molar-refractivity contribution in [2.45, 2.75) is 91.9 Å². The Morgan fingerprint density at radius 3 is 1.20 bits per heavy atom. The molecule has 0 spiro atoms. The molecule has 3 aromatic heterocycles. The van der Waals surface area contributed by atoms with E-state index in [-0.39, 0.29) is 16.2 Å². The molecule has 0 amide bonds. The van der Waals surface area contributed by atoms with Gasteiger partial charge >= 0.3 is 0 Å². The van der Waals surface area contributed by atoms with Gasteiger partial charge in [0.15, 0.2) is 0 Å². The van der Waals surface area contributed by atoms with Crippen LogP contribution in [0.1, 0.15) is 103 Å². The molecule has 3 nitrogen and oxygen atoms in total. The Bertz CT molecular complexity index is 3910. The third-order valence-electron chi connectivity index (χ3n) is 15.8. The molecule has 0 N–H and O–H groups in total. The number of hydrogen-bond acceptors (Lipinski definition) is 3. The van der Waals surface area contributed by atoms with Crippen LogP contribution in [0.3, 0.4) is 0 Å². The predicted octanol–water partition coefficient (Wildman–Crippen LogP) is 20.6. The predicted molar refractivity (Wildman–Crippen MR) is 336 cm³/mol. The Morgan fingerprint density at radius 1 is 0.316 bits per heavy atom. The molecule has 11 rings (SSSR count). The molecule has 1 atom stereocenters. The van der Waals surface area contributed by atoms with Crippen LogP contribution < -0.4 is 0 Å². The summed E-state index contributed by atoms with van der Waals surface area (Å²) in [6.07, 6.45) is 11.5. The van der Waals surface area contributed by atoms with Gasteiger partial charge in [-0.3, -0.25) is 15.0 Å². The Morgan fingerprint density at radius 2 is 0.696 bits per heavy atom. The molecule has 1 aliphatic carbocycles. The number of aromatic nitrogens is 3. The largest absolute Gasteiger partial charge is 0.256 e. The van der Waals surface area contributed by atoms with Crippen molar-refractivity contribution >= 4 is 11.1 Å². The van der Waals surface area contributed by atoms with E-state index in [0.717, 1.165) is 56.9 Å². The van der Waals surface area contributed by atoms with Crippen LogP contribution in [0.25, 0.3) is 101 Å². The summed E-state index contributed by atoms with van der Waals surface area (Å²) >= 11 is 0. The van der Waals surface area contributed by atoms with E-state index in [4.69, 9.17) is 15.0 Å². The molecule has 0 bridgehead atoms. The Labute approximate surface area is 469 Å². The fourth-order valence-electron chi connectivity index (χ4n) is 11.1. The summed E-state index contributed by atoms with van der Waals surface area (Å²) in [5.41, 5.74) is 26.8. The highest BCUT2D eigenvalue weighted by molar-refractivity contribution is 6.01. The summed E-state index contributed by atoms with van der Waals surface area (Å²) in [5, 5.41) is 0. The number of nitrogens with zero attached hydrogens (tertiary/aromatic N) is 3. The van der Waals surface area contributed by atoms with Crippen LogP contribution in [0.4, 0.5) is 0 Å². The smallest absolute Gasteiger partial charge is 0.0705 e. The first-order valence-electron chi connectivity index (χ1n) is 28.0. The van der Waals surface area contributed by atoms with E-state index >= 15 is 0 Å². The molecule has 79 heavy (non-hydrogen) atoms. The molecular weight excluding hydrogens is 955 g/mol. The molecular formula is C76H71N3. The van der Waals surface area contributed by atoms with Gasteiger partial charge < -0.3 is 0 Å². The highest BCUT2D eigenvalue weighted by atomic mass is 14.7. The van der Waals surface area contributed by atoms with Crippen molar-refractivity contribution in [2.24, 2.45) is 5.92 Å². The fraction of sp³-hybridized carbons (Fsp3) is 0.197. The maximum absolute atomic E-state index is 4.92. The second kappa shape index (κ2) is 21.4. The van der Waals surface area contributed by atoms with Gasteiger partial charge in [-0.05, 0) is 184 Å². The minimum atomic E-state index is -0.00156. The summed E-state index contributed by atoms with van der Waals surface area (Å²) in [6, 6.07) is 74.1. The highest BCUT2D eigenvalue weighted by Crippen LogP contribution is 2.46. The molecule has 0 saturated carbocycles. The number of rotatable bonds is 10. The van der Waals surface area contributed by atoms with E-state index in [0.29, 0.717) is 5.92 Å². The molecule has 0 saturated heterocycles. The molecule has 0 aliphatic heterocycles. The summed E-state index contributed by atoms with van der Waals surface area (Å²) < 4.78 is 0. The van der Waals surface area contributed by atoms with E-state index in [1.807, 2.05) is 18.6 Å². The third-order valence-corrected chi connectivity index (χ3v) is 15.8. The van der Waals surface area contributed by atoms with Crippen LogP contribution in [0.15, 0.2) is 231 Å². The van der Waals surface area contributed by atoms with Crippen molar-refractivity contribution in [1.29, 1.82) is 0 Å². The SMILES string of the molecule is CC1C=CC(c2ccc(-c3cc(C(C)(C)C)ccn3)cc2)=C(c2cc(-c3ccccc3-c3ccc(-c4cc(C(C)(C)C)ccn4)cc3)cc(-c3ccccc3-c3ccc(-c4cc(C(C)(C)C)ccn4)cc3-c3ccccc3)c2)C1. The van der Waals surface area contributed by atoms with E-state index in [9.17, 15) is 0 Å². The van der Waals surface area contributed by atoms with Crippen molar-refractivity contribution in [3.63, 3.8) is 0 Å². The third kappa shape index (κ3) is 11.3. The summed E-state index contributed by atoms with van der Waals surface area (Å²) in [6.45, 7) is 22.6. The van der Waals surface area contributed by atoms with E-state index in [1.54, 1.807) is 0 Å². The average molecular weight is 1030 g/mol. The van der Waals surface area contributed by atoms with E-state index in [1.165, 1.54) is 77.9 Å². The van der Waals surface area contributed by atoms with Crippen LogP contribution in [-0.4, -0.2) is 15.0 Å². The summed E-state index contributed by atoms with van der Waals surface area (Å²) in [5.74, 6) is 0.358. The molecule has 1 aliphatic rings. The maximum atomic E-state index is 4.92. The lowest BCUT2D eigenvalue weighted by Crippen LogP contribution is -2.11. The van der Waals surface area contributed by atoms with Gasteiger partial charge in [-0.15, -0.1) is 0 Å². The Kier molecular flexibility index (Phi) is 14.2. The summed E-state index contributed by atoms with van der Waals surface area (Å²) in [4.78, 5) is 14.6. The van der Waals surface area contributed by atoms with Crippen LogP contribution in [0.2, 0.25) is 0 Å². The molecule has 10 aromatic rings. The zero-order chi connectivity index (χ0) is 55.1. The van der Waals surface area contributed by atoms with Gasteiger partial charge in [0.05, 0.1) is 17.1 Å². The molecule has 0 radical (unpaired) electrons. The quantitative estimate of drug-likeness (QED) is 0.137. The van der Waals surface area contributed by atoms with Gasteiger partial charge in [-0.1, -0.05) is 221 Å². The minimum Gasteiger partial charge on any atom is -0.256 e. The standard InChI is InChI=1S/C76H71N3/c1-50-24-34-66(53-27-31-55(32-28-53)72-48-61(37-40-78-72)75(5,6)7)69(42-50)59-44-57(64-21-15-14-20-63(64)52-25-29-54(30-26-52)71-47-60(36-39-77-71)74(2,3)4)43-58(45-59)65-22-16-17-23-67(65)68-35-33-56(46-70(68)51-18-12-11-13-19-51)73-49-62(38-41-79-73)76(8,9)10/h11-41,43-50H,42H2,1-10H3. The van der Waals surface area contributed by atoms with Crippen LogP contribution in [-0.2, 0) is 16.2 Å². The number of allylic oxidation sites excluding steroid dienone is 4. The Hall–Kier alpha value is -8.53. The lowest BCUT2D eigenvalue weighted by molar-refractivity contribution is 0.589. The van der Waals surface area contributed by atoms with Gasteiger partial charge in [0.25, 0.3) is 0 Å². The minimum absolute atomic E-state index is 0.00156. The van der Waals surface area contributed by atoms with Crippen LogP contribution in [0, 0.1) is 5.92 Å². The number of benzene rings is 7. The fourth-order valence-corrected chi connectivity index (χ4v) is 11.1. The first-order chi connectivity index (χ1) is 37.9. The van der Waals surface area contributed by atoms with Crippen molar-refractivity contribution in [2.75, 3.05) is 0 Å². The van der Waals surface area contributed by atoms with Crippen molar-refractivity contribution in [1.82, 2.24) is 15.0 Å². The summed E-state index contributed by atoms with van der Waals surface area (Å²) in [7, 11) is 0. The molecule has 390 valence electrons. The zero-order valence-electron chi connectivity index (χ0n) is 47.6. The normalized spacial score (nSPS) is 13.9. The van der Waals surface area contributed by atoms with Gasteiger partial charge in [0.1, 0.15) is 0 Å². The first-order valence-corrected chi connectivity index (χ1v) is 28.0. The average Bonchev–Trinajstić information content (AvgIpc) is 3.52. The van der Waals surface area contributed by atoms with E-state index in [2.05, 4.69) is 282 Å². The maximum Gasteiger partial charge on any atom is 0.0705 e. The van der Waals surface area contributed by atoms with Crippen LogP contribution >= 0.6 is 0 Å². The van der Waals surface area contributed by atoms with Crippen molar-refractivity contribution in [3.8, 4) is 89.4 Å². The zero-order valence-corrected chi connectivity index (χ0v) is 47.6. The first kappa shape index (κ1) is 52.5. The topological polar surface area (TPSA) is 38.7 Å². The second-order valence-corrected chi connectivity index (χ2v) is 24.6. The molecule has 3 heteroatoms. The Balaban J connectivity index is 1.09. The van der Waals surface area contributed by atoms with E-state index < -0.39 is 0 Å². The van der Waals surface area contributed by atoms with Gasteiger partial charge in [-0.2, -0.15) is 0 Å². The van der Waals surface area contributed by atoms with Gasteiger partial charge in [-0.25, -0.2) is 0 Å². The van der Waals surface area contributed by atoms with Gasteiger partial charge in [0.2, 0.25) is 0 Å². The van der Waals surface area contributed by atoms with Crippen LogP contribution in [0.5, 0.6) is 0 Å². The van der Waals surface area contributed by atoms with Crippen molar-refractivity contribution in [3.05, 3.63) is 259 Å². The lowest BCUT2D eigenvalue weighted by Gasteiger charge is -2.24. The molecule has 7 aromatic carbocycles. The number of hydrogen-bond donors (Lipinski definition) is 0. The number of pyridine rings is 3. The molecule has 0 fully saturated rings. The van der Waals surface area contributed by atoms with Gasteiger partial charge in [0, 0.05) is 35.3 Å².